The van der Waals surface area contributed by atoms with Crippen LogP contribution in [-0.2, 0) is 73.3 Å². The molecular formula is C66H97ClN6O17S. The number of aryl methyl sites for hydroxylation is 1. The van der Waals surface area contributed by atoms with Crippen molar-refractivity contribution in [3.05, 3.63) is 52.1 Å². The van der Waals surface area contributed by atoms with E-state index in [0.29, 0.717) is 87.9 Å². The molecule has 6 N–H and O–H groups in total. The van der Waals surface area contributed by atoms with Gasteiger partial charge in [-0.1, -0.05) is 75.1 Å². The van der Waals surface area contributed by atoms with Crippen molar-refractivity contribution in [2.45, 2.75) is 205 Å². The van der Waals surface area contributed by atoms with Gasteiger partial charge < -0.3 is 54.9 Å². The number of carbonyl (C=O) groups is 11. The molecule has 1 saturated carbocycles. The van der Waals surface area contributed by atoms with Gasteiger partial charge in [-0.3, -0.25) is 48.5 Å². The van der Waals surface area contributed by atoms with Crippen LogP contribution in [0.2, 0.25) is 5.02 Å². The van der Waals surface area contributed by atoms with Crippen molar-refractivity contribution in [3.8, 4) is 0 Å². The fourth-order valence-electron chi connectivity index (χ4n) is 11.9. The van der Waals surface area contributed by atoms with Crippen LogP contribution in [0, 0.1) is 36.5 Å². The number of amides is 6. The molecule has 3 heterocycles. The van der Waals surface area contributed by atoms with Gasteiger partial charge in [-0.25, -0.2) is 9.59 Å². The summed E-state index contributed by atoms with van der Waals surface area (Å²) < 4.78 is 23.7. The Bertz CT molecular complexity index is 2840. The Hall–Kier alpha value is -6.21. The number of alkyl carbamates (subject to hydrolysis) is 1. The molecule has 3 aliphatic heterocycles. The minimum atomic E-state index is -1.68. The first kappa shape index (κ1) is 75.5. The molecular weight excluding hydrogens is 1220 g/mol. The molecule has 4 aliphatic rings. The van der Waals surface area contributed by atoms with Crippen LogP contribution in [0.1, 0.15) is 162 Å². The third-order valence-corrected chi connectivity index (χ3v) is 19.8. The summed E-state index contributed by atoms with van der Waals surface area (Å²) in [6.45, 7) is 14.5. The van der Waals surface area contributed by atoms with Crippen molar-refractivity contribution >= 4 is 94.0 Å². The van der Waals surface area contributed by atoms with Gasteiger partial charge in [0.25, 0.3) is 0 Å². The van der Waals surface area contributed by atoms with Crippen LogP contribution >= 0.6 is 23.4 Å². The second-order valence-corrected chi connectivity index (χ2v) is 27.0. The summed E-state index contributed by atoms with van der Waals surface area (Å²) in [5.74, 6) is -5.95. The number of benzene rings is 1. The zero-order chi connectivity index (χ0) is 67.3. The predicted octanol–water partition coefficient (Wildman–Crippen LogP) is 7.06. The molecule has 23 nitrogen and oxygen atoms in total. The molecule has 1 aromatic carbocycles. The quantitative estimate of drug-likeness (QED) is 0.0246. The molecule has 91 heavy (non-hydrogen) atoms. The number of hydrogen-bond acceptors (Lipinski definition) is 17. The van der Waals surface area contributed by atoms with Crippen LogP contribution in [0.15, 0.2) is 35.9 Å². The number of esters is 1. The monoisotopic (exact) mass is 1310 g/mol. The van der Waals surface area contributed by atoms with Gasteiger partial charge in [-0.15, -0.1) is 11.8 Å². The highest BCUT2D eigenvalue weighted by Crippen LogP contribution is 2.49. The number of rotatable bonds is 31. The number of ketones is 3. The number of halogens is 1. The maximum Gasteiger partial charge on any atom is 0.409 e. The maximum atomic E-state index is 14.4. The number of ether oxygens (including phenoxy) is 4. The number of likely N-dealkylation sites (N-methyl/N-ethyl adjacent to an activating group) is 1. The Balaban J connectivity index is 1.10. The van der Waals surface area contributed by atoms with Crippen molar-refractivity contribution in [3.63, 3.8) is 0 Å². The lowest BCUT2D eigenvalue weighted by molar-refractivity contribution is -0.162. The summed E-state index contributed by atoms with van der Waals surface area (Å²) in [5.41, 5.74) is 0.0537. The van der Waals surface area contributed by atoms with Crippen molar-refractivity contribution in [2.24, 2.45) is 29.6 Å². The second kappa shape index (κ2) is 35.7. The molecule has 25 heteroatoms. The number of Topliss-reactive ketones (excluding diaryl/α,β-unsaturated/α-hetero) is 3. The molecule has 506 valence electrons. The fourth-order valence-corrected chi connectivity index (χ4v) is 13.2. The molecule has 2 saturated heterocycles. The van der Waals surface area contributed by atoms with Gasteiger partial charge in [0.2, 0.25) is 29.5 Å². The highest BCUT2D eigenvalue weighted by molar-refractivity contribution is 8.00. The summed E-state index contributed by atoms with van der Waals surface area (Å²) in [4.78, 5) is 145. The maximum absolute atomic E-state index is 14.4. The molecule has 0 radical (unpaired) electrons. The van der Waals surface area contributed by atoms with Crippen molar-refractivity contribution < 1.29 is 81.9 Å². The summed E-state index contributed by atoms with van der Waals surface area (Å²) in [6, 6.07) is 2.58. The number of nitrogens with one attached hydrogen (secondary N) is 4. The Morgan fingerprint density at radius 2 is 1.66 bits per heavy atom. The largest absolute Gasteiger partial charge is 0.481 e. The van der Waals surface area contributed by atoms with E-state index in [9.17, 15) is 63.0 Å². The van der Waals surface area contributed by atoms with Crippen molar-refractivity contribution in [1.82, 2.24) is 26.2 Å². The highest BCUT2D eigenvalue weighted by Gasteiger charge is 2.64. The Morgan fingerprint density at radius 3 is 2.34 bits per heavy atom. The lowest BCUT2D eigenvalue weighted by atomic mass is 9.79. The van der Waals surface area contributed by atoms with E-state index < -0.39 is 101 Å². The van der Waals surface area contributed by atoms with E-state index in [1.54, 1.807) is 40.8 Å². The number of allylic oxidation sites excluding steroid dienone is 3. The number of nitrogens with zero attached hydrogens (tertiary/aromatic N) is 2. The van der Waals surface area contributed by atoms with Crippen LogP contribution in [0.5, 0.6) is 0 Å². The molecule has 10 atom stereocenters. The highest BCUT2D eigenvalue weighted by atomic mass is 35.5. The summed E-state index contributed by atoms with van der Waals surface area (Å²) in [7, 11) is 2.99. The zero-order valence-electron chi connectivity index (χ0n) is 54.6. The zero-order valence-corrected chi connectivity index (χ0v) is 56.2. The van der Waals surface area contributed by atoms with Gasteiger partial charge in [-0.2, -0.15) is 0 Å². The Morgan fingerprint density at radius 1 is 0.945 bits per heavy atom. The van der Waals surface area contributed by atoms with Gasteiger partial charge in [0.05, 0.1) is 54.7 Å². The summed E-state index contributed by atoms with van der Waals surface area (Å²) in [6.07, 6.45) is 7.15. The van der Waals surface area contributed by atoms with E-state index in [4.69, 9.17) is 30.5 Å². The number of aliphatic hydroxyl groups is 1. The molecule has 0 spiro atoms. The molecule has 0 aromatic heterocycles. The molecule has 1 aromatic rings. The van der Waals surface area contributed by atoms with Crippen LogP contribution in [-0.4, -0.2) is 174 Å². The van der Waals surface area contributed by atoms with Gasteiger partial charge in [0.15, 0.2) is 0 Å². The van der Waals surface area contributed by atoms with Crippen LogP contribution in [0.4, 0.5) is 10.5 Å². The summed E-state index contributed by atoms with van der Waals surface area (Å²) in [5, 5.41) is 31.7. The number of carboxylic acids is 1. The number of fused-ring (bicyclic) bond motifs is 5. The number of anilines is 1. The summed E-state index contributed by atoms with van der Waals surface area (Å²) >= 11 is 7.85. The first-order valence-electron chi connectivity index (χ1n) is 32.0. The normalized spacial score (nSPS) is 26.1. The molecule has 5 rings (SSSR count). The lowest BCUT2D eigenvalue weighted by Crippen LogP contribution is -2.60. The van der Waals surface area contributed by atoms with E-state index in [0.717, 1.165) is 28.5 Å². The lowest BCUT2D eigenvalue weighted by Gasteiger charge is -2.41. The van der Waals surface area contributed by atoms with E-state index >= 15 is 0 Å². The standard InChI is InChI=1S/C66H97ClN6O17S/c1-11-55(77)68-26-28-87-27-24-49(75)33-48(61(82)69-37-42(5)74)18-13-12-14-19-51(76)47-22-20-45(21-23-47)38-70-62(83)53(34-58(80)81)91-29-25-56(78)72(9)44(7)63(84)89-54-35-57(79)73(10)50-32-46(31-40(3)59(50)67)30-39(2)16-15-17-41(4)66(86)36-52(88-64(85)71-66)43(6)60-65(54,8)90-60/h15-17,31-32,41,43-45,47-48,52-54,60,86H,11-14,18-30,33-38H2,1-10H3,(H,68,77)(H,69,82)(H,70,83)(H,71,85)(H,80,81)/b17-15+,39-16+/t41?,43-,44+,45?,47?,48?,52?,53?,54+,60+,65+,66+/m1/s1. The molecule has 4 bridgehead atoms. The Labute approximate surface area is 544 Å². The van der Waals surface area contributed by atoms with Crippen LogP contribution < -0.4 is 26.2 Å². The average Bonchev–Trinajstić information content (AvgIpc) is 1.58. The third kappa shape index (κ3) is 23.1. The second-order valence-electron chi connectivity index (χ2n) is 25.3. The number of carboxylic acid groups (broad SMARTS) is 1. The predicted molar refractivity (Wildman–Crippen MR) is 343 cm³/mol. The van der Waals surface area contributed by atoms with E-state index in [1.807, 2.05) is 38.1 Å². The van der Waals surface area contributed by atoms with Crippen LogP contribution in [0.25, 0.3) is 0 Å². The van der Waals surface area contributed by atoms with Gasteiger partial charge >= 0.3 is 18.0 Å². The molecule has 4 unspecified atom stereocenters. The fraction of sp³-hybridized carbons (Fsp3) is 0.682. The Kier molecular flexibility index (Phi) is 29.6. The van der Waals surface area contributed by atoms with Crippen molar-refractivity contribution in [1.29, 1.82) is 0 Å². The van der Waals surface area contributed by atoms with E-state index in [-0.39, 0.29) is 105 Å². The third-order valence-electron chi connectivity index (χ3n) is 18.1. The number of carbonyl (C=O) groups excluding carboxylic acids is 10. The SMILES string of the molecule is CCC(=O)NCCOCCC(=O)CC(CCCCCC(=O)C1CCC(CNC(=O)C(CC(=O)O)SCCC(=O)N(C)[C@@H](C)C(=O)O[C@H]2CC(=O)N(C)c3cc(cc(C)c3Cl)C/C(C)=C/C=C/C(C)[C@@]3(O)CC(OC(=O)N3)[C@@H](C)[C@@H]3O[C@@]23C)CC1)C(=O)NCC(C)=O. The van der Waals surface area contributed by atoms with E-state index in [1.165, 1.54) is 30.7 Å². The molecule has 3 fully saturated rings. The number of thioether (sulfide) groups is 1. The van der Waals surface area contributed by atoms with E-state index in [2.05, 4.69) is 21.3 Å². The number of aliphatic carboxylic acids is 1. The van der Waals surface area contributed by atoms with Gasteiger partial charge in [0, 0.05) is 95.1 Å². The van der Waals surface area contributed by atoms with Crippen LogP contribution in [0.3, 0.4) is 0 Å². The topological polar surface area (TPSA) is 323 Å². The smallest absolute Gasteiger partial charge is 0.409 e. The van der Waals surface area contributed by atoms with Gasteiger partial charge in [0.1, 0.15) is 46.9 Å². The van der Waals surface area contributed by atoms with Gasteiger partial charge in [-0.05, 0) is 103 Å². The number of unbranched alkanes of at least 4 members (excludes halogenated alkanes) is 2. The molecule has 6 amide bonds. The molecule has 1 aliphatic carbocycles. The average molecular weight is 1310 g/mol. The number of epoxide rings is 1. The number of hydrogen-bond donors (Lipinski definition) is 6. The minimum absolute atomic E-state index is 0.00172. The van der Waals surface area contributed by atoms with Crippen molar-refractivity contribution in [2.75, 3.05) is 57.6 Å². The first-order chi connectivity index (χ1) is 43.0. The minimum Gasteiger partial charge on any atom is -0.481 e. The first-order valence-corrected chi connectivity index (χ1v) is 33.4.